The lowest BCUT2D eigenvalue weighted by molar-refractivity contribution is -0.385. The molecule has 0 aliphatic heterocycles. The van der Waals surface area contributed by atoms with Crippen molar-refractivity contribution in [2.24, 2.45) is 5.73 Å². The van der Waals surface area contributed by atoms with Gasteiger partial charge >= 0.3 is 0 Å². The molecule has 0 unspecified atom stereocenters. The first kappa shape index (κ1) is 17.9. The summed E-state index contributed by atoms with van der Waals surface area (Å²) < 4.78 is 9.98. The van der Waals surface area contributed by atoms with E-state index in [-0.39, 0.29) is 48.2 Å². The molecule has 0 aromatic heterocycles. The van der Waals surface area contributed by atoms with E-state index >= 15 is 0 Å². The molecule has 0 fully saturated rings. The van der Waals surface area contributed by atoms with Crippen molar-refractivity contribution >= 4 is 24.0 Å². The number of methoxy groups -OCH3 is 2. The van der Waals surface area contributed by atoms with Crippen LogP contribution in [0.2, 0.25) is 0 Å². The van der Waals surface area contributed by atoms with Gasteiger partial charge in [0.1, 0.15) is 5.56 Å². The zero-order valence-corrected chi connectivity index (χ0v) is 11.9. The van der Waals surface area contributed by atoms with E-state index in [4.69, 9.17) is 15.2 Å². The number of rotatable bonds is 6. The van der Waals surface area contributed by atoms with Gasteiger partial charge in [0.25, 0.3) is 11.6 Å². The first-order valence-electron chi connectivity index (χ1n) is 5.43. The van der Waals surface area contributed by atoms with Crippen molar-refractivity contribution in [2.75, 3.05) is 27.3 Å². The van der Waals surface area contributed by atoms with Crippen LogP contribution in [0.4, 0.5) is 5.69 Å². The SMILES string of the molecule is COc1cc(C(=O)NCCN)c([N+](=O)[O-])cc1OC.Cl. The van der Waals surface area contributed by atoms with E-state index in [1.165, 1.54) is 20.3 Å². The molecule has 0 spiro atoms. The van der Waals surface area contributed by atoms with E-state index in [0.29, 0.717) is 0 Å². The number of carbonyl (C=O) groups is 1. The Morgan fingerprint density at radius 3 is 2.35 bits per heavy atom. The summed E-state index contributed by atoms with van der Waals surface area (Å²) in [6, 6.07) is 2.42. The Labute approximate surface area is 121 Å². The Morgan fingerprint density at radius 1 is 1.35 bits per heavy atom. The fraction of sp³-hybridized carbons (Fsp3) is 0.364. The highest BCUT2D eigenvalue weighted by molar-refractivity contribution is 5.99. The van der Waals surface area contributed by atoms with Crippen LogP contribution in [0.1, 0.15) is 10.4 Å². The first-order valence-corrected chi connectivity index (χ1v) is 5.43. The van der Waals surface area contributed by atoms with Gasteiger partial charge in [-0.05, 0) is 0 Å². The van der Waals surface area contributed by atoms with E-state index < -0.39 is 10.8 Å². The molecule has 1 aromatic carbocycles. The van der Waals surface area contributed by atoms with E-state index in [2.05, 4.69) is 5.32 Å². The van der Waals surface area contributed by atoms with E-state index in [1.807, 2.05) is 0 Å². The molecule has 1 aromatic rings. The average molecular weight is 306 g/mol. The second-order valence-electron chi connectivity index (χ2n) is 3.53. The van der Waals surface area contributed by atoms with Gasteiger partial charge in [-0.25, -0.2) is 0 Å². The fourth-order valence-electron chi connectivity index (χ4n) is 1.48. The van der Waals surface area contributed by atoms with Crippen molar-refractivity contribution in [3.63, 3.8) is 0 Å². The third kappa shape index (κ3) is 3.97. The average Bonchev–Trinajstić information content (AvgIpc) is 2.42. The van der Waals surface area contributed by atoms with Gasteiger partial charge in [0.05, 0.1) is 25.2 Å². The van der Waals surface area contributed by atoms with E-state index in [9.17, 15) is 14.9 Å². The van der Waals surface area contributed by atoms with Crippen molar-refractivity contribution in [3.8, 4) is 11.5 Å². The van der Waals surface area contributed by atoms with Crippen LogP contribution in [0.3, 0.4) is 0 Å². The standard InChI is InChI=1S/C11H15N3O5.ClH/c1-18-9-5-7(11(15)13-4-3-12)8(14(16)17)6-10(9)19-2;/h5-6H,3-4,12H2,1-2H3,(H,13,15);1H. The highest BCUT2D eigenvalue weighted by atomic mass is 35.5. The molecule has 0 bridgehead atoms. The number of nitro groups is 1. The third-order valence-corrected chi connectivity index (χ3v) is 2.37. The molecular weight excluding hydrogens is 290 g/mol. The highest BCUT2D eigenvalue weighted by Gasteiger charge is 2.24. The first-order chi connectivity index (χ1) is 9.04. The Morgan fingerprint density at radius 2 is 1.90 bits per heavy atom. The lowest BCUT2D eigenvalue weighted by Gasteiger charge is -2.10. The molecule has 0 saturated heterocycles. The molecule has 0 aliphatic rings. The predicted octanol–water partition coefficient (Wildman–Crippen LogP) is 0.722. The van der Waals surface area contributed by atoms with Crippen molar-refractivity contribution in [1.29, 1.82) is 0 Å². The van der Waals surface area contributed by atoms with Crippen molar-refractivity contribution in [1.82, 2.24) is 5.32 Å². The monoisotopic (exact) mass is 305 g/mol. The van der Waals surface area contributed by atoms with Gasteiger partial charge in [-0.15, -0.1) is 12.4 Å². The normalized spacial score (nSPS) is 9.35. The molecule has 1 rings (SSSR count). The minimum absolute atomic E-state index is 0. The summed E-state index contributed by atoms with van der Waals surface area (Å²) in [5.74, 6) is -0.159. The minimum atomic E-state index is -0.653. The molecule has 0 saturated carbocycles. The minimum Gasteiger partial charge on any atom is -0.493 e. The lowest BCUT2D eigenvalue weighted by atomic mass is 10.1. The van der Waals surface area contributed by atoms with E-state index in [1.54, 1.807) is 0 Å². The zero-order valence-electron chi connectivity index (χ0n) is 11.0. The molecule has 20 heavy (non-hydrogen) atoms. The lowest BCUT2D eigenvalue weighted by Crippen LogP contribution is -2.29. The molecular formula is C11H16ClN3O5. The summed E-state index contributed by atoms with van der Waals surface area (Å²) >= 11 is 0. The number of nitrogens with two attached hydrogens (primary N) is 1. The number of halogens is 1. The molecule has 0 radical (unpaired) electrons. The van der Waals surface area contributed by atoms with Crippen LogP contribution in [0.15, 0.2) is 12.1 Å². The maximum atomic E-state index is 11.8. The Balaban J connectivity index is 0.00000361. The van der Waals surface area contributed by atoms with Crippen molar-refractivity contribution in [3.05, 3.63) is 27.8 Å². The number of carbonyl (C=O) groups excluding carboxylic acids is 1. The molecule has 0 heterocycles. The maximum Gasteiger partial charge on any atom is 0.286 e. The largest absolute Gasteiger partial charge is 0.493 e. The van der Waals surface area contributed by atoms with Gasteiger partial charge in [0.15, 0.2) is 11.5 Å². The molecule has 3 N–H and O–H groups in total. The summed E-state index contributed by atoms with van der Waals surface area (Å²) in [5.41, 5.74) is 4.81. The van der Waals surface area contributed by atoms with Crippen molar-refractivity contribution < 1.29 is 19.2 Å². The number of ether oxygens (including phenoxy) is 2. The van der Waals surface area contributed by atoms with Crippen molar-refractivity contribution in [2.45, 2.75) is 0 Å². The number of amides is 1. The number of benzene rings is 1. The molecule has 0 aliphatic carbocycles. The summed E-state index contributed by atoms with van der Waals surface area (Å²) in [6.45, 7) is 0.469. The highest BCUT2D eigenvalue weighted by Crippen LogP contribution is 2.34. The van der Waals surface area contributed by atoms with Crippen LogP contribution < -0.4 is 20.5 Å². The molecule has 0 atom stereocenters. The Kier molecular flexibility index (Phi) is 7.34. The van der Waals surface area contributed by atoms with Gasteiger partial charge in [-0.3, -0.25) is 14.9 Å². The number of nitrogens with one attached hydrogen (secondary N) is 1. The van der Waals surface area contributed by atoms with Gasteiger partial charge < -0.3 is 20.5 Å². The Hall–Kier alpha value is -2.06. The zero-order chi connectivity index (χ0) is 14.4. The Bertz CT molecular complexity index is 495. The second-order valence-corrected chi connectivity index (χ2v) is 3.53. The molecule has 9 heteroatoms. The van der Waals surface area contributed by atoms with Crippen LogP contribution in [-0.4, -0.2) is 38.1 Å². The second kappa shape index (κ2) is 8.18. The van der Waals surface area contributed by atoms with Gasteiger partial charge in [0, 0.05) is 19.2 Å². The van der Waals surface area contributed by atoms with Crippen LogP contribution in [0, 0.1) is 10.1 Å². The summed E-state index contributed by atoms with van der Waals surface area (Å²) in [4.78, 5) is 22.1. The van der Waals surface area contributed by atoms with E-state index in [0.717, 1.165) is 6.07 Å². The summed E-state index contributed by atoms with van der Waals surface area (Å²) in [5, 5.41) is 13.4. The van der Waals surface area contributed by atoms with Crippen LogP contribution in [-0.2, 0) is 0 Å². The summed E-state index contributed by atoms with van der Waals surface area (Å²) in [7, 11) is 2.74. The van der Waals surface area contributed by atoms with Gasteiger partial charge in [-0.1, -0.05) is 0 Å². The molecule has 1 amide bonds. The maximum absolute atomic E-state index is 11.8. The van der Waals surface area contributed by atoms with Crippen LogP contribution in [0.5, 0.6) is 11.5 Å². The molecule has 8 nitrogen and oxygen atoms in total. The number of nitro benzene ring substituents is 1. The summed E-state index contributed by atoms with van der Waals surface area (Å²) in [6.07, 6.45) is 0. The third-order valence-electron chi connectivity index (χ3n) is 2.37. The van der Waals surface area contributed by atoms with Crippen LogP contribution >= 0.6 is 12.4 Å². The van der Waals surface area contributed by atoms with Gasteiger partial charge in [0.2, 0.25) is 0 Å². The predicted molar refractivity (Wildman–Crippen MR) is 74.8 cm³/mol. The van der Waals surface area contributed by atoms with Gasteiger partial charge in [-0.2, -0.15) is 0 Å². The number of hydrogen-bond donors (Lipinski definition) is 2. The van der Waals surface area contributed by atoms with Crippen LogP contribution in [0.25, 0.3) is 0 Å². The smallest absolute Gasteiger partial charge is 0.286 e. The fourth-order valence-corrected chi connectivity index (χ4v) is 1.48. The number of nitrogens with zero attached hydrogens (tertiary/aromatic N) is 1. The molecule has 112 valence electrons. The number of hydrogen-bond acceptors (Lipinski definition) is 6. The quantitative estimate of drug-likeness (QED) is 0.591. The topological polar surface area (TPSA) is 117 Å².